The Kier molecular flexibility index (Phi) is 3.50. The predicted octanol–water partition coefficient (Wildman–Crippen LogP) is 0.329. The number of rotatable bonds is 1. The van der Waals surface area contributed by atoms with E-state index in [-0.39, 0.29) is 23.8 Å². The van der Waals surface area contributed by atoms with Gasteiger partial charge in [-0.15, -0.1) is 12.4 Å². The van der Waals surface area contributed by atoms with Crippen molar-refractivity contribution < 1.29 is 15.0 Å². The highest BCUT2D eigenvalue weighted by Crippen LogP contribution is 2.14. The number of carbonyl (C=O) groups is 1. The summed E-state index contributed by atoms with van der Waals surface area (Å²) in [5, 5.41) is 18.0. The second kappa shape index (κ2) is 3.95. The maximum absolute atomic E-state index is 10.9. The van der Waals surface area contributed by atoms with E-state index in [0.29, 0.717) is 6.29 Å². The van der Waals surface area contributed by atoms with E-state index < -0.39 is 16.9 Å². The highest BCUT2D eigenvalue weighted by atomic mass is 35.5. The van der Waals surface area contributed by atoms with Crippen molar-refractivity contribution in [2.75, 3.05) is 0 Å². The molecule has 0 aliphatic carbocycles. The number of hydrogen-bond acceptors (Lipinski definition) is 4. The van der Waals surface area contributed by atoms with Crippen molar-refractivity contribution in [3.63, 3.8) is 0 Å². The van der Waals surface area contributed by atoms with Gasteiger partial charge in [0.15, 0.2) is 17.8 Å². The molecule has 0 atom stereocenters. The Balaban J connectivity index is 0.00000144. The molecule has 1 rings (SSSR count). The monoisotopic (exact) mass is 205 g/mol. The molecule has 0 amide bonds. The van der Waals surface area contributed by atoms with Crippen LogP contribution in [0.2, 0.25) is 0 Å². The Morgan fingerprint density at radius 2 is 1.85 bits per heavy atom. The van der Waals surface area contributed by atoms with Gasteiger partial charge in [0.1, 0.15) is 5.69 Å². The van der Waals surface area contributed by atoms with Crippen molar-refractivity contribution in [3.05, 3.63) is 21.6 Å². The second-order valence-corrected chi connectivity index (χ2v) is 2.31. The molecule has 13 heavy (non-hydrogen) atoms. The van der Waals surface area contributed by atoms with Crippen molar-refractivity contribution >= 4 is 18.7 Å². The van der Waals surface area contributed by atoms with E-state index >= 15 is 0 Å². The summed E-state index contributed by atoms with van der Waals surface area (Å²) in [6.07, 6.45) is 0.309. The zero-order valence-electron chi connectivity index (χ0n) is 6.70. The largest absolute Gasteiger partial charge is 0.503 e. The van der Waals surface area contributed by atoms with Crippen LogP contribution < -0.4 is 5.43 Å². The zero-order valence-corrected chi connectivity index (χ0v) is 7.51. The molecule has 5 nitrogen and oxygen atoms in total. The first-order chi connectivity index (χ1) is 5.57. The summed E-state index contributed by atoms with van der Waals surface area (Å²) in [5.74, 6) is -1.33. The Labute approximate surface area is 79.4 Å². The summed E-state index contributed by atoms with van der Waals surface area (Å²) in [5.41, 5.74) is -1.01. The van der Waals surface area contributed by atoms with Crippen LogP contribution in [0.3, 0.4) is 0 Å². The van der Waals surface area contributed by atoms with Crippen LogP contribution in [0.25, 0.3) is 0 Å². The second-order valence-electron chi connectivity index (χ2n) is 2.31. The quantitative estimate of drug-likeness (QED) is 0.577. The van der Waals surface area contributed by atoms with Crippen LogP contribution in [0.5, 0.6) is 11.5 Å². The highest BCUT2D eigenvalue weighted by Gasteiger charge is 2.11. The molecule has 72 valence electrons. The summed E-state index contributed by atoms with van der Waals surface area (Å²) in [6, 6.07) is 0. The van der Waals surface area contributed by atoms with Crippen LogP contribution >= 0.6 is 12.4 Å². The summed E-state index contributed by atoms with van der Waals surface area (Å²) in [7, 11) is 0. The maximum Gasteiger partial charge on any atom is 0.265 e. The molecule has 0 saturated carbocycles. The number of aromatic nitrogens is 1. The average Bonchev–Trinajstić information content (AvgIpc) is 2.08. The molecule has 0 radical (unpaired) electrons. The summed E-state index contributed by atoms with van der Waals surface area (Å²) < 4.78 is 0. The Morgan fingerprint density at radius 1 is 1.31 bits per heavy atom. The minimum Gasteiger partial charge on any atom is -0.503 e. The van der Waals surface area contributed by atoms with Gasteiger partial charge in [-0.3, -0.25) is 9.59 Å². The van der Waals surface area contributed by atoms with Gasteiger partial charge in [0.2, 0.25) is 0 Å². The van der Waals surface area contributed by atoms with E-state index in [1.165, 1.54) is 6.92 Å². The van der Waals surface area contributed by atoms with Crippen molar-refractivity contribution in [1.29, 1.82) is 0 Å². The molecule has 3 N–H and O–H groups in total. The van der Waals surface area contributed by atoms with Gasteiger partial charge >= 0.3 is 0 Å². The number of aldehydes is 1. The SMILES string of the molecule is Cc1[nH]c(C=O)c(O)c(=O)c1O.Cl. The third-order valence-electron chi connectivity index (χ3n) is 1.48. The number of carbonyl (C=O) groups excluding carboxylic acids is 1. The lowest BCUT2D eigenvalue weighted by atomic mass is 10.2. The van der Waals surface area contributed by atoms with Crippen molar-refractivity contribution in [2.45, 2.75) is 6.92 Å². The molecule has 0 aromatic carbocycles. The molecule has 0 fully saturated rings. The first-order valence-electron chi connectivity index (χ1n) is 3.18. The van der Waals surface area contributed by atoms with Crippen LogP contribution in [0.15, 0.2) is 4.79 Å². The van der Waals surface area contributed by atoms with Gasteiger partial charge in [0.25, 0.3) is 5.43 Å². The van der Waals surface area contributed by atoms with Crippen molar-refractivity contribution in [3.8, 4) is 11.5 Å². The van der Waals surface area contributed by atoms with Crippen molar-refractivity contribution in [2.24, 2.45) is 0 Å². The number of hydrogen-bond donors (Lipinski definition) is 3. The van der Waals surface area contributed by atoms with Gasteiger partial charge in [-0.2, -0.15) is 0 Å². The smallest absolute Gasteiger partial charge is 0.265 e. The molecule has 0 bridgehead atoms. The lowest BCUT2D eigenvalue weighted by Crippen LogP contribution is -2.07. The molecule has 0 aliphatic heterocycles. The molecule has 0 saturated heterocycles. The van der Waals surface area contributed by atoms with E-state index in [0.717, 1.165) is 0 Å². The molecule has 6 heteroatoms. The van der Waals surface area contributed by atoms with Crippen LogP contribution in [0, 0.1) is 6.92 Å². The Morgan fingerprint density at radius 3 is 2.31 bits per heavy atom. The average molecular weight is 206 g/mol. The van der Waals surface area contributed by atoms with Gasteiger partial charge in [0.05, 0.1) is 5.69 Å². The van der Waals surface area contributed by atoms with Crippen LogP contribution in [0.1, 0.15) is 16.2 Å². The normalized spacial score (nSPS) is 9.00. The molecule has 1 aromatic rings. The van der Waals surface area contributed by atoms with E-state index in [9.17, 15) is 9.59 Å². The molecule has 0 spiro atoms. The standard InChI is InChI=1S/C7H7NO4.ClH/c1-3-5(10)7(12)6(11)4(2-9)8-3;/h2,10-11H,1H3,(H,8,12);1H. The van der Waals surface area contributed by atoms with Crippen molar-refractivity contribution in [1.82, 2.24) is 4.98 Å². The first-order valence-corrected chi connectivity index (χ1v) is 3.18. The van der Waals surface area contributed by atoms with Gasteiger partial charge in [-0.05, 0) is 6.92 Å². The molecule has 1 heterocycles. The van der Waals surface area contributed by atoms with Gasteiger partial charge < -0.3 is 15.2 Å². The van der Waals surface area contributed by atoms with E-state index in [1.54, 1.807) is 0 Å². The number of aromatic amines is 1. The molecule has 1 aromatic heterocycles. The number of aromatic hydroxyl groups is 2. The first kappa shape index (κ1) is 11.5. The topological polar surface area (TPSA) is 90.4 Å². The number of nitrogens with one attached hydrogen (secondary N) is 1. The Hall–Kier alpha value is -1.49. The van der Waals surface area contributed by atoms with Gasteiger partial charge in [-0.1, -0.05) is 0 Å². The Bertz CT molecular complexity index is 385. The lowest BCUT2D eigenvalue weighted by molar-refractivity contribution is 0.111. The minimum atomic E-state index is -0.937. The fourth-order valence-corrected chi connectivity index (χ4v) is 0.810. The van der Waals surface area contributed by atoms with Gasteiger partial charge in [0, 0.05) is 0 Å². The molecule has 0 unspecified atom stereocenters. The third kappa shape index (κ3) is 1.81. The summed E-state index contributed by atoms with van der Waals surface area (Å²) in [4.78, 5) is 23.5. The third-order valence-corrected chi connectivity index (χ3v) is 1.48. The fraction of sp³-hybridized carbons (Fsp3) is 0.143. The van der Waals surface area contributed by atoms with E-state index in [2.05, 4.69) is 4.98 Å². The van der Waals surface area contributed by atoms with Crippen LogP contribution in [-0.4, -0.2) is 21.5 Å². The van der Waals surface area contributed by atoms with Gasteiger partial charge in [-0.25, -0.2) is 0 Å². The lowest BCUT2D eigenvalue weighted by Gasteiger charge is -2.01. The van der Waals surface area contributed by atoms with Crippen LogP contribution in [-0.2, 0) is 0 Å². The number of aryl methyl sites for hydroxylation is 1. The fourth-order valence-electron chi connectivity index (χ4n) is 0.810. The number of H-pyrrole nitrogens is 1. The zero-order chi connectivity index (χ0) is 9.30. The molecular formula is C7H8ClNO4. The number of pyridine rings is 1. The number of halogens is 1. The van der Waals surface area contributed by atoms with Crippen LogP contribution in [0.4, 0.5) is 0 Å². The summed E-state index contributed by atoms with van der Waals surface area (Å²) in [6.45, 7) is 1.42. The predicted molar refractivity (Wildman–Crippen MR) is 47.8 cm³/mol. The van der Waals surface area contributed by atoms with E-state index in [1.807, 2.05) is 0 Å². The summed E-state index contributed by atoms with van der Waals surface area (Å²) >= 11 is 0. The molecular weight excluding hydrogens is 198 g/mol. The van der Waals surface area contributed by atoms with E-state index in [4.69, 9.17) is 10.2 Å². The minimum absolute atomic E-state index is 0. The maximum atomic E-state index is 10.9. The molecule has 0 aliphatic rings. The highest BCUT2D eigenvalue weighted by molar-refractivity contribution is 5.85.